The number of hydrogen-bond acceptors (Lipinski definition) is 2. The maximum Gasteiger partial charge on any atom is 0.142 e. The second-order valence-corrected chi connectivity index (χ2v) is 2.91. The second-order valence-electron chi connectivity index (χ2n) is 2.91. The topological polar surface area (TPSA) is 21.3 Å². The van der Waals surface area contributed by atoms with Crippen molar-refractivity contribution in [1.29, 1.82) is 0 Å². The largest absolute Gasteiger partial charge is 0.494 e. The number of halogens is 1. The molecule has 0 heterocycles. The summed E-state index contributed by atoms with van der Waals surface area (Å²) in [5.74, 6) is 5.74. The molecule has 15 heavy (non-hydrogen) atoms. The third-order valence-electron chi connectivity index (χ3n) is 1.74. The van der Waals surface area contributed by atoms with Crippen molar-refractivity contribution in [3.05, 3.63) is 29.6 Å². The molecule has 1 aromatic carbocycles. The van der Waals surface area contributed by atoms with E-state index in [1.165, 1.54) is 6.07 Å². The molecule has 80 valence electrons. The van der Waals surface area contributed by atoms with E-state index in [4.69, 9.17) is 4.74 Å². The Morgan fingerprint density at radius 3 is 2.87 bits per heavy atom. The average Bonchev–Trinajstić information content (AvgIpc) is 2.22. The van der Waals surface area contributed by atoms with Crippen LogP contribution in [0.25, 0.3) is 0 Å². The fourth-order valence-electron chi connectivity index (χ4n) is 1.08. The first kappa shape index (κ1) is 11.5. The summed E-state index contributed by atoms with van der Waals surface area (Å²) >= 11 is 0. The molecule has 2 nitrogen and oxygen atoms in total. The highest BCUT2D eigenvalue weighted by Crippen LogP contribution is 2.15. The fraction of sp³-hybridized carbons (Fsp3) is 0.333. The Kier molecular flexibility index (Phi) is 4.65. The molecular formula is C12H14FNO. The molecule has 3 heteroatoms. The van der Waals surface area contributed by atoms with Gasteiger partial charge in [-0.05, 0) is 26.1 Å². The van der Waals surface area contributed by atoms with Gasteiger partial charge in [0.1, 0.15) is 11.6 Å². The van der Waals surface area contributed by atoms with Gasteiger partial charge >= 0.3 is 0 Å². The molecule has 0 aliphatic carbocycles. The number of rotatable bonds is 3. The van der Waals surface area contributed by atoms with Gasteiger partial charge in [0, 0.05) is 6.07 Å². The quantitative estimate of drug-likeness (QED) is 0.763. The molecule has 0 atom stereocenters. The number of benzene rings is 1. The molecule has 0 unspecified atom stereocenters. The molecule has 0 saturated carbocycles. The molecule has 0 aliphatic heterocycles. The Morgan fingerprint density at radius 2 is 2.27 bits per heavy atom. The first-order valence-corrected chi connectivity index (χ1v) is 4.83. The van der Waals surface area contributed by atoms with E-state index in [1.54, 1.807) is 19.2 Å². The standard InChI is InChI=1S/C12H14FNO/c1-3-15-11-7-6-10(12(13)9-11)5-4-8-14-2/h6-7,9,14H,3,8H2,1-2H3. The van der Waals surface area contributed by atoms with Crippen LogP contribution in [0.3, 0.4) is 0 Å². The summed E-state index contributed by atoms with van der Waals surface area (Å²) in [5.41, 5.74) is 0.397. The Morgan fingerprint density at radius 1 is 1.47 bits per heavy atom. The molecular weight excluding hydrogens is 193 g/mol. The van der Waals surface area contributed by atoms with E-state index in [1.807, 2.05) is 6.92 Å². The van der Waals surface area contributed by atoms with Gasteiger partial charge in [-0.25, -0.2) is 4.39 Å². The first-order chi connectivity index (χ1) is 7.27. The highest BCUT2D eigenvalue weighted by molar-refractivity contribution is 5.39. The van der Waals surface area contributed by atoms with E-state index in [2.05, 4.69) is 17.2 Å². The van der Waals surface area contributed by atoms with Gasteiger partial charge in [0.25, 0.3) is 0 Å². The lowest BCUT2D eigenvalue weighted by Gasteiger charge is -2.02. The molecule has 1 aromatic rings. The van der Waals surface area contributed by atoms with Crippen molar-refractivity contribution in [3.8, 4) is 17.6 Å². The zero-order valence-corrected chi connectivity index (χ0v) is 8.93. The van der Waals surface area contributed by atoms with E-state index >= 15 is 0 Å². The van der Waals surface area contributed by atoms with Crippen molar-refractivity contribution >= 4 is 0 Å². The van der Waals surface area contributed by atoms with Gasteiger partial charge in [-0.1, -0.05) is 11.8 Å². The number of hydrogen-bond donors (Lipinski definition) is 1. The van der Waals surface area contributed by atoms with Gasteiger partial charge in [-0.2, -0.15) is 0 Å². The van der Waals surface area contributed by atoms with Crippen LogP contribution in [-0.2, 0) is 0 Å². The van der Waals surface area contributed by atoms with E-state index in [-0.39, 0.29) is 5.82 Å². The maximum absolute atomic E-state index is 13.4. The van der Waals surface area contributed by atoms with Gasteiger partial charge < -0.3 is 10.1 Å². The van der Waals surface area contributed by atoms with Gasteiger partial charge in [-0.15, -0.1) is 0 Å². The summed E-state index contributed by atoms with van der Waals surface area (Å²) in [5, 5.41) is 2.87. The van der Waals surface area contributed by atoms with Crippen LogP contribution in [0.5, 0.6) is 5.75 Å². The predicted molar refractivity (Wildman–Crippen MR) is 58.4 cm³/mol. The Bertz CT molecular complexity index is 379. The number of nitrogens with one attached hydrogen (secondary N) is 1. The smallest absolute Gasteiger partial charge is 0.142 e. The molecule has 0 spiro atoms. The summed E-state index contributed by atoms with van der Waals surface area (Å²) in [6.45, 7) is 2.94. The van der Waals surface area contributed by atoms with Crippen molar-refractivity contribution in [2.75, 3.05) is 20.2 Å². The van der Waals surface area contributed by atoms with E-state index in [0.717, 1.165) is 0 Å². The molecule has 1 rings (SSSR count). The molecule has 0 bridgehead atoms. The second kappa shape index (κ2) is 6.05. The van der Waals surface area contributed by atoms with E-state index in [0.29, 0.717) is 24.5 Å². The van der Waals surface area contributed by atoms with Crippen LogP contribution in [0.2, 0.25) is 0 Å². The van der Waals surface area contributed by atoms with Crippen LogP contribution in [0.4, 0.5) is 4.39 Å². The fourth-order valence-corrected chi connectivity index (χ4v) is 1.08. The zero-order chi connectivity index (χ0) is 11.1. The zero-order valence-electron chi connectivity index (χ0n) is 8.93. The Hall–Kier alpha value is -1.53. The van der Waals surface area contributed by atoms with Crippen LogP contribution in [-0.4, -0.2) is 20.2 Å². The lowest BCUT2D eigenvalue weighted by molar-refractivity contribution is 0.338. The van der Waals surface area contributed by atoms with Crippen LogP contribution in [0.1, 0.15) is 12.5 Å². The molecule has 0 saturated heterocycles. The minimum absolute atomic E-state index is 0.343. The van der Waals surface area contributed by atoms with E-state index < -0.39 is 0 Å². The highest BCUT2D eigenvalue weighted by atomic mass is 19.1. The predicted octanol–water partition coefficient (Wildman–Crippen LogP) is 1.80. The normalized spacial score (nSPS) is 9.27. The van der Waals surface area contributed by atoms with Crippen molar-refractivity contribution in [3.63, 3.8) is 0 Å². The Balaban J connectivity index is 2.80. The van der Waals surface area contributed by atoms with E-state index in [9.17, 15) is 4.39 Å². The number of ether oxygens (including phenoxy) is 1. The van der Waals surface area contributed by atoms with Crippen LogP contribution in [0.15, 0.2) is 18.2 Å². The van der Waals surface area contributed by atoms with Crippen LogP contribution >= 0.6 is 0 Å². The Labute approximate surface area is 89.4 Å². The van der Waals surface area contributed by atoms with Gasteiger partial charge in [0.05, 0.1) is 18.7 Å². The molecule has 0 aromatic heterocycles. The average molecular weight is 207 g/mol. The van der Waals surface area contributed by atoms with Crippen molar-refractivity contribution < 1.29 is 9.13 Å². The van der Waals surface area contributed by atoms with Gasteiger partial charge in [0.2, 0.25) is 0 Å². The van der Waals surface area contributed by atoms with Gasteiger partial charge in [-0.3, -0.25) is 0 Å². The lowest BCUT2D eigenvalue weighted by atomic mass is 10.2. The molecule has 0 radical (unpaired) electrons. The first-order valence-electron chi connectivity index (χ1n) is 4.83. The molecule has 0 amide bonds. The summed E-state index contributed by atoms with van der Waals surface area (Å²) in [4.78, 5) is 0. The molecule has 0 fully saturated rings. The minimum atomic E-state index is -0.343. The van der Waals surface area contributed by atoms with Crippen LogP contribution in [0, 0.1) is 17.7 Å². The van der Waals surface area contributed by atoms with Crippen molar-refractivity contribution in [2.24, 2.45) is 0 Å². The summed E-state index contributed by atoms with van der Waals surface area (Å²) in [6, 6.07) is 4.70. The third-order valence-corrected chi connectivity index (χ3v) is 1.74. The molecule has 1 N–H and O–H groups in total. The SMILES string of the molecule is CCOc1ccc(C#CCNC)c(F)c1. The third kappa shape index (κ3) is 3.61. The van der Waals surface area contributed by atoms with Gasteiger partial charge in [0.15, 0.2) is 0 Å². The van der Waals surface area contributed by atoms with Crippen LogP contribution < -0.4 is 10.1 Å². The summed E-state index contributed by atoms with van der Waals surface area (Å²) in [6.07, 6.45) is 0. The highest BCUT2D eigenvalue weighted by Gasteiger charge is 2.00. The maximum atomic E-state index is 13.4. The monoisotopic (exact) mass is 207 g/mol. The van der Waals surface area contributed by atoms with Crippen molar-refractivity contribution in [2.45, 2.75) is 6.92 Å². The summed E-state index contributed by atoms with van der Waals surface area (Å²) < 4.78 is 18.6. The summed E-state index contributed by atoms with van der Waals surface area (Å²) in [7, 11) is 1.79. The van der Waals surface area contributed by atoms with Crippen molar-refractivity contribution in [1.82, 2.24) is 5.32 Å². The lowest BCUT2D eigenvalue weighted by Crippen LogP contribution is -2.04. The molecule has 0 aliphatic rings. The minimum Gasteiger partial charge on any atom is -0.494 e.